The number of rotatable bonds is 9. The van der Waals surface area contributed by atoms with Crippen LogP contribution in [0, 0.1) is 18.8 Å². The van der Waals surface area contributed by atoms with Gasteiger partial charge in [0.1, 0.15) is 17.3 Å². The Kier molecular flexibility index (Phi) is 8.86. The lowest BCUT2D eigenvalue weighted by atomic mass is 9.77. The Bertz CT molecular complexity index is 2310. The average Bonchev–Trinajstić information content (AvgIpc) is 3.67. The molecule has 50 heavy (non-hydrogen) atoms. The van der Waals surface area contributed by atoms with Crippen molar-refractivity contribution in [1.29, 1.82) is 0 Å². The monoisotopic (exact) mass is 660 g/mol. The van der Waals surface area contributed by atoms with Crippen LogP contribution in [-0.2, 0) is 18.3 Å². The Morgan fingerprint density at radius 2 is 1.50 bits per heavy atom. The fraction of sp³-hybridized carbons (Fsp3) is 0.289. The molecule has 3 heterocycles. The molecule has 0 atom stereocenters. The van der Waals surface area contributed by atoms with Crippen molar-refractivity contribution in [2.45, 2.75) is 73.6 Å². The summed E-state index contributed by atoms with van der Waals surface area (Å²) in [5.74, 6) is 3.51. The van der Waals surface area contributed by atoms with Crippen molar-refractivity contribution < 1.29 is 4.74 Å². The van der Waals surface area contributed by atoms with E-state index in [2.05, 4.69) is 139 Å². The van der Waals surface area contributed by atoms with Gasteiger partial charge in [0.05, 0.1) is 22.9 Å². The number of aromatic nitrogens is 4. The zero-order valence-corrected chi connectivity index (χ0v) is 30.7. The van der Waals surface area contributed by atoms with Gasteiger partial charge in [0.15, 0.2) is 0 Å². The number of para-hydroxylation sites is 1. The van der Waals surface area contributed by atoms with Gasteiger partial charge in [-0.15, -0.1) is 0 Å². The smallest absolute Gasteiger partial charge is 0.137 e. The summed E-state index contributed by atoms with van der Waals surface area (Å²) in [7, 11) is 0. The largest absolute Gasteiger partial charge is 0.457 e. The van der Waals surface area contributed by atoms with Crippen LogP contribution in [0.4, 0.5) is 0 Å². The highest BCUT2D eigenvalue weighted by molar-refractivity contribution is 6.09. The van der Waals surface area contributed by atoms with E-state index in [1.807, 2.05) is 35.3 Å². The van der Waals surface area contributed by atoms with E-state index >= 15 is 0 Å². The van der Waals surface area contributed by atoms with E-state index in [0.29, 0.717) is 11.8 Å². The van der Waals surface area contributed by atoms with Crippen molar-refractivity contribution in [3.05, 3.63) is 132 Å². The van der Waals surface area contributed by atoms with Crippen molar-refractivity contribution in [3.8, 4) is 34.1 Å². The summed E-state index contributed by atoms with van der Waals surface area (Å²) < 4.78 is 10.8. The number of nitrogens with zero attached hydrogens (tertiary/aromatic N) is 4. The summed E-state index contributed by atoms with van der Waals surface area (Å²) in [6.07, 6.45) is 8.16. The minimum absolute atomic E-state index is 0.0466. The molecule has 0 aliphatic rings. The minimum Gasteiger partial charge on any atom is -0.457 e. The molecule has 254 valence electrons. The maximum Gasteiger partial charge on any atom is 0.137 e. The van der Waals surface area contributed by atoms with E-state index in [4.69, 9.17) is 14.8 Å². The highest BCUT2D eigenvalue weighted by atomic mass is 16.5. The van der Waals surface area contributed by atoms with Crippen LogP contribution in [0.3, 0.4) is 0 Å². The first-order chi connectivity index (χ1) is 24.0. The van der Waals surface area contributed by atoms with Gasteiger partial charge >= 0.3 is 0 Å². The number of benzene rings is 4. The number of pyridine rings is 1. The Hall–Kier alpha value is -5.16. The molecule has 0 radical (unpaired) electrons. The highest BCUT2D eigenvalue weighted by Gasteiger charge is 2.24. The van der Waals surface area contributed by atoms with Crippen LogP contribution < -0.4 is 4.74 Å². The molecule has 0 bridgehead atoms. The fourth-order valence-corrected chi connectivity index (χ4v) is 7.31. The quantitative estimate of drug-likeness (QED) is 0.155. The van der Waals surface area contributed by atoms with Crippen molar-refractivity contribution in [2.24, 2.45) is 11.8 Å². The number of ether oxygens (including phenoxy) is 1. The van der Waals surface area contributed by atoms with E-state index in [1.54, 1.807) is 0 Å². The maximum atomic E-state index is 6.55. The van der Waals surface area contributed by atoms with E-state index in [0.717, 1.165) is 52.4 Å². The molecule has 5 nitrogen and oxygen atoms in total. The molecule has 0 unspecified atom stereocenters. The van der Waals surface area contributed by atoms with E-state index < -0.39 is 0 Å². The Labute approximate surface area is 296 Å². The second-order valence-corrected chi connectivity index (χ2v) is 15.6. The molecule has 0 aliphatic heterocycles. The first-order valence-electron chi connectivity index (χ1n) is 17.9. The van der Waals surface area contributed by atoms with Gasteiger partial charge in [-0.25, -0.2) is 9.67 Å². The topological polar surface area (TPSA) is 44.9 Å². The zero-order chi connectivity index (χ0) is 35.2. The van der Waals surface area contributed by atoms with E-state index in [9.17, 15) is 0 Å². The van der Waals surface area contributed by atoms with Crippen LogP contribution in [0.5, 0.6) is 11.5 Å². The molecule has 0 amide bonds. The highest BCUT2D eigenvalue weighted by Crippen LogP contribution is 2.39. The van der Waals surface area contributed by atoms with Crippen LogP contribution >= 0.6 is 0 Å². The second-order valence-electron chi connectivity index (χ2n) is 15.6. The zero-order valence-electron chi connectivity index (χ0n) is 30.7. The minimum atomic E-state index is 0.0466. The van der Waals surface area contributed by atoms with Crippen LogP contribution in [0.1, 0.15) is 70.7 Å². The van der Waals surface area contributed by atoms with Crippen molar-refractivity contribution in [2.75, 3.05) is 0 Å². The molecule has 0 aliphatic carbocycles. The molecule has 5 heteroatoms. The standard InChI is InChI=1S/C45H48N4O/c1-29(2)22-32-16-19-40(45(6,7)8)39(23-30(3)4)44(32)33-27-47-48(28-33)34-12-11-13-35(25-34)50-36-17-18-38-37-14-9-10-15-41(37)49(42(38)26-36)43-24-31(5)20-21-46-43/h9-21,24-30H,22-23H2,1-8H3. The number of hydrogen-bond donors (Lipinski definition) is 0. The second kappa shape index (κ2) is 13.3. The summed E-state index contributed by atoms with van der Waals surface area (Å²) in [6.45, 7) is 18.3. The van der Waals surface area contributed by atoms with E-state index in [-0.39, 0.29) is 5.41 Å². The van der Waals surface area contributed by atoms with Gasteiger partial charge in [-0.05, 0) is 107 Å². The molecule has 7 rings (SSSR count). The molecule has 0 N–H and O–H groups in total. The predicted octanol–water partition coefficient (Wildman–Crippen LogP) is 11.8. The summed E-state index contributed by atoms with van der Waals surface area (Å²) in [6, 6.07) is 31.9. The van der Waals surface area contributed by atoms with Crippen LogP contribution in [0.2, 0.25) is 0 Å². The summed E-state index contributed by atoms with van der Waals surface area (Å²) in [4.78, 5) is 4.73. The molecule has 0 spiro atoms. The summed E-state index contributed by atoms with van der Waals surface area (Å²) >= 11 is 0. The summed E-state index contributed by atoms with van der Waals surface area (Å²) in [5, 5.41) is 7.27. The lowest BCUT2D eigenvalue weighted by molar-refractivity contribution is 0.483. The maximum absolute atomic E-state index is 6.55. The summed E-state index contributed by atoms with van der Waals surface area (Å²) in [5.41, 5.74) is 11.1. The SMILES string of the molecule is Cc1ccnc(-n2c3ccccc3c3ccc(Oc4cccc(-n5cc(-c6c(CC(C)C)ccc(C(C)(C)C)c6CC(C)C)cn5)c4)cc32)c1. The first kappa shape index (κ1) is 33.3. The molecule has 0 saturated carbocycles. The lowest BCUT2D eigenvalue weighted by Gasteiger charge is -2.28. The molecular formula is C45H48N4O. The van der Waals surface area contributed by atoms with Crippen LogP contribution in [0.15, 0.2) is 110 Å². The van der Waals surface area contributed by atoms with Gasteiger partial charge in [0, 0.05) is 40.9 Å². The van der Waals surface area contributed by atoms with Crippen LogP contribution in [0.25, 0.3) is 44.4 Å². The molecule has 7 aromatic rings. The molecule has 4 aromatic carbocycles. The van der Waals surface area contributed by atoms with Crippen LogP contribution in [-0.4, -0.2) is 19.3 Å². The Morgan fingerprint density at radius 3 is 2.26 bits per heavy atom. The Balaban J connectivity index is 1.26. The molecule has 0 fully saturated rings. The third-order valence-electron chi connectivity index (χ3n) is 9.41. The fourth-order valence-electron chi connectivity index (χ4n) is 7.31. The van der Waals surface area contributed by atoms with Crippen molar-refractivity contribution in [3.63, 3.8) is 0 Å². The van der Waals surface area contributed by atoms with Gasteiger partial charge in [-0.1, -0.05) is 84.9 Å². The normalized spacial score (nSPS) is 12.1. The Morgan fingerprint density at radius 1 is 0.740 bits per heavy atom. The van der Waals surface area contributed by atoms with Crippen molar-refractivity contribution >= 4 is 21.8 Å². The molecule has 0 saturated heterocycles. The van der Waals surface area contributed by atoms with Gasteiger partial charge in [0.25, 0.3) is 0 Å². The third kappa shape index (κ3) is 6.57. The average molecular weight is 661 g/mol. The van der Waals surface area contributed by atoms with E-state index in [1.165, 1.54) is 38.6 Å². The number of aryl methyl sites for hydroxylation is 1. The predicted molar refractivity (Wildman–Crippen MR) is 208 cm³/mol. The van der Waals surface area contributed by atoms with Gasteiger partial charge in [-0.2, -0.15) is 5.10 Å². The number of hydrogen-bond acceptors (Lipinski definition) is 3. The van der Waals surface area contributed by atoms with Crippen molar-refractivity contribution in [1.82, 2.24) is 19.3 Å². The van der Waals surface area contributed by atoms with Gasteiger partial charge < -0.3 is 4.74 Å². The lowest BCUT2D eigenvalue weighted by Crippen LogP contribution is -2.17. The third-order valence-corrected chi connectivity index (χ3v) is 9.41. The molecule has 3 aromatic heterocycles. The molecular weight excluding hydrogens is 613 g/mol. The number of fused-ring (bicyclic) bond motifs is 3. The first-order valence-corrected chi connectivity index (χ1v) is 17.9. The van der Waals surface area contributed by atoms with Gasteiger partial charge in [0.2, 0.25) is 0 Å². The van der Waals surface area contributed by atoms with Gasteiger partial charge in [-0.3, -0.25) is 4.57 Å².